The lowest BCUT2D eigenvalue weighted by molar-refractivity contribution is 0.0602. The fraction of sp³-hybridized carbons (Fsp3) is 0.0909. The molecule has 1 aromatic heterocycles. The van der Waals surface area contributed by atoms with Crippen molar-refractivity contribution in [2.45, 2.75) is 0 Å². The van der Waals surface area contributed by atoms with Gasteiger partial charge in [-0.1, -0.05) is 17.3 Å². The first-order chi connectivity index (χ1) is 8.13. The lowest BCUT2D eigenvalue weighted by Gasteiger charge is -2.07. The number of hydrogen-bond acceptors (Lipinski definition) is 6. The Hall–Kier alpha value is -2.50. The number of carbonyl (C=O) groups excluding carboxylic acids is 1. The molecule has 0 saturated heterocycles. The van der Waals surface area contributed by atoms with Crippen LogP contribution in [0.5, 0.6) is 0 Å². The van der Waals surface area contributed by atoms with E-state index in [9.17, 15) is 4.79 Å². The topological polar surface area (TPSA) is 104 Å². The van der Waals surface area contributed by atoms with Crippen molar-refractivity contribution >= 4 is 17.5 Å². The van der Waals surface area contributed by atoms with Gasteiger partial charge in [-0.3, -0.25) is 0 Å². The summed E-state index contributed by atoms with van der Waals surface area (Å²) in [6.45, 7) is 0. The van der Waals surface area contributed by atoms with Crippen LogP contribution in [0.3, 0.4) is 0 Å². The van der Waals surface area contributed by atoms with E-state index in [-0.39, 0.29) is 11.4 Å². The van der Waals surface area contributed by atoms with Crippen LogP contribution < -0.4 is 11.5 Å². The molecular weight excluding hydrogens is 222 g/mol. The molecule has 2 rings (SSSR count). The molecule has 4 N–H and O–H groups in total. The summed E-state index contributed by atoms with van der Waals surface area (Å²) < 4.78 is 9.68. The molecule has 0 amide bonds. The Morgan fingerprint density at radius 3 is 2.76 bits per heavy atom. The van der Waals surface area contributed by atoms with Gasteiger partial charge in [-0.15, -0.1) is 0 Å². The van der Waals surface area contributed by atoms with Crippen LogP contribution in [0.2, 0.25) is 0 Å². The summed E-state index contributed by atoms with van der Waals surface area (Å²) in [6, 6.07) is 6.51. The summed E-state index contributed by atoms with van der Waals surface area (Å²) in [4.78, 5) is 11.6. The quantitative estimate of drug-likeness (QED) is 0.598. The number of benzene rings is 1. The van der Waals surface area contributed by atoms with Crippen molar-refractivity contribution < 1.29 is 14.1 Å². The van der Waals surface area contributed by atoms with E-state index in [1.807, 2.05) is 0 Å². The predicted molar refractivity (Wildman–Crippen MR) is 62.1 cm³/mol. The molecule has 0 unspecified atom stereocenters. The van der Waals surface area contributed by atoms with Crippen LogP contribution in [0.1, 0.15) is 10.4 Å². The highest BCUT2D eigenvalue weighted by atomic mass is 16.5. The van der Waals surface area contributed by atoms with Crippen molar-refractivity contribution in [1.29, 1.82) is 0 Å². The highest BCUT2D eigenvalue weighted by molar-refractivity contribution is 6.01. The summed E-state index contributed by atoms with van der Waals surface area (Å²) in [5.41, 5.74) is 12.3. The summed E-state index contributed by atoms with van der Waals surface area (Å²) in [5, 5.41) is 3.56. The largest absolute Gasteiger partial charge is 0.465 e. The maximum atomic E-state index is 11.6. The number of carbonyl (C=O) groups is 1. The molecule has 0 bridgehead atoms. The van der Waals surface area contributed by atoms with Gasteiger partial charge < -0.3 is 20.7 Å². The molecule has 0 aliphatic heterocycles. The highest BCUT2D eigenvalue weighted by Gasteiger charge is 2.19. The third-order valence-corrected chi connectivity index (χ3v) is 2.28. The summed E-state index contributed by atoms with van der Waals surface area (Å²) in [6.07, 6.45) is 0. The van der Waals surface area contributed by atoms with Crippen molar-refractivity contribution in [2.75, 3.05) is 18.6 Å². The summed E-state index contributed by atoms with van der Waals surface area (Å²) in [7, 11) is 1.29. The van der Waals surface area contributed by atoms with Gasteiger partial charge in [0.1, 0.15) is 0 Å². The Kier molecular flexibility index (Phi) is 2.70. The Bertz CT molecular complexity index is 563. The van der Waals surface area contributed by atoms with Crippen molar-refractivity contribution in [3.05, 3.63) is 29.8 Å². The van der Waals surface area contributed by atoms with Crippen LogP contribution in [-0.4, -0.2) is 18.2 Å². The van der Waals surface area contributed by atoms with Gasteiger partial charge in [-0.2, -0.15) is 0 Å². The van der Waals surface area contributed by atoms with Crippen LogP contribution in [-0.2, 0) is 4.74 Å². The number of aromatic nitrogens is 1. The normalized spacial score (nSPS) is 10.2. The van der Waals surface area contributed by atoms with Gasteiger partial charge in [0.15, 0.2) is 11.6 Å². The standard InChI is InChI=1S/C11H11N3O3/c1-16-11(15)10-6(3-2-4-7(10)12)8-5-9(13)14-17-8/h2-5H,12H2,1H3,(H2,13,14). The van der Waals surface area contributed by atoms with E-state index < -0.39 is 5.97 Å². The molecule has 0 radical (unpaired) electrons. The first-order valence-corrected chi connectivity index (χ1v) is 4.83. The average Bonchev–Trinajstić information content (AvgIpc) is 2.74. The number of nitrogens with two attached hydrogens (primary N) is 2. The molecule has 0 fully saturated rings. The molecule has 0 aliphatic rings. The number of ether oxygens (including phenoxy) is 1. The monoisotopic (exact) mass is 233 g/mol. The fourth-order valence-corrected chi connectivity index (χ4v) is 1.52. The van der Waals surface area contributed by atoms with Crippen molar-refractivity contribution in [1.82, 2.24) is 5.16 Å². The van der Waals surface area contributed by atoms with Crippen molar-refractivity contribution in [3.63, 3.8) is 0 Å². The number of methoxy groups -OCH3 is 1. The van der Waals surface area contributed by atoms with E-state index in [1.54, 1.807) is 18.2 Å². The average molecular weight is 233 g/mol. The molecule has 0 aliphatic carbocycles. The SMILES string of the molecule is COC(=O)c1c(N)cccc1-c1cc(N)no1. The maximum absolute atomic E-state index is 11.6. The third kappa shape index (κ3) is 1.92. The van der Waals surface area contributed by atoms with Gasteiger partial charge in [-0.25, -0.2) is 4.79 Å². The minimum Gasteiger partial charge on any atom is -0.465 e. The molecule has 1 heterocycles. The fourth-order valence-electron chi connectivity index (χ4n) is 1.52. The minimum atomic E-state index is -0.534. The molecular formula is C11H11N3O3. The van der Waals surface area contributed by atoms with Crippen LogP contribution in [0.25, 0.3) is 11.3 Å². The van der Waals surface area contributed by atoms with Gasteiger partial charge >= 0.3 is 5.97 Å². The zero-order chi connectivity index (χ0) is 12.4. The molecule has 6 nitrogen and oxygen atoms in total. The van der Waals surface area contributed by atoms with Crippen LogP contribution >= 0.6 is 0 Å². The number of esters is 1. The summed E-state index contributed by atoms with van der Waals surface area (Å²) in [5.74, 6) is 0.0708. The van der Waals surface area contributed by atoms with E-state index in [1.165, 1.54) is 13.2 Å². The van der Waals surface area contributed by atoms with Gasteiger partial charge in [0.25, 0.3) is 0 Å². The third-order valence-electron chi connectivity index (χ3n) is 2.28. The molecule has 2 aromatic rings. The van der Waals surface area contributed by atoms with E-state index >= 15 is 0 Å². The van der Waals surface area contributed by atoms with Gasteiger partial charge in [0.2, 0.25) is 0 Å². The zero-order valence-electron chi connectivity index (χ0n) is 9.14. The van der Waals surface area contributed by atoms with Gasteiger partial charge in [-0.05, 0) is 6.07 Å². The van der Waals surface area contributed by atoms with Crippen LogP contribution in [0.4, 0.5) is 11.5 Å². The molecule has 0 spiro atoms. The molecule has 88 valence electrons. The number of nitrogens with zero attached hydrogens (tertiary/aromatic N) is 1. The Morgan fingerprint density at radius 2 is 2.18 bits per heavy atom. The van der Waals surface area contributed by atoms with Gasteiger partial charge in [0.05, 0.1) is 12.7 Å². The van der Waals surface area contributed by atoms with Crippen molar-refractivity contribution in [2.24, 2.45) is 0 Å². The summed E-state index contributed by atoms with van der Waals surface area (Å²) >= 11 is 0. The first-order valence-electron chi connectivity index (χ1n) is 4.83. The molecule has 1 aromatic carbocycles. The number of rotatable bonds is 2. The zero-order valence-corrected chi connectivity index (χ0v) is 9.14. The molecule has 17 heavy (non-hydrogen) atoms. The van der Waals surface area contributed by atoms with E-state index in [0.717, 1.165) is 0 Å². The Balaban J connectivity index is 2.61. The second kappa shape index (κ2) is 4.17. The maximum Gasteiger partial charge on any atom is 0.340 e. The molecule has 0 atom stereocenters. The highest BCUT2D eigenvalue weighted by Crippen LogP contribution is 2.29. The minimum absolute atomic E-state index is 0.234. The lowest BCUT2D eigenvalue weighted by atomic mass is 10.0. The smallest absolute Gasteiger partial charge is 0.340 e. The van der Waals surface area contributed by atoms with E-state index in [2.05, 4.69) is 9.89 Å². The van der Waals surface area contributed by atoms with Crippen LogP contribution in [0, 0.1) is 0 Å². The molecule has 6 heteroatoms. The predicted octanol–water partition coefficient (Wildman–Crippen LogP) is 1.29. The second-order valence-corrected chi connectivity index (χ2v) is 3.38. The van der Waals surface area contributed by atoms with E-state index in [4.69, 9.17) is 16.0 Å². The number of anilines is 2. The number of hydrogen-bond donors (Lipinski definition) is 2. The Labute approximate surface area is 97.1 Å². The van der Waals surface area contributed by atoms with Crippen LogP contribution in [0.15, 0.2) is 28.8 Å². The lowest BCUT2D eigenvalue weighted by Crippen LogP contribution is -2.07. The first kappa shape index (κ1) is 11.0. The van der Waals surface area contributed by atoms with Gasteiger partial charge in [0, 0.05) is 17.3 Å². The molecule has 0 saturated carbocycles. The van der Waals surface area contributed by atoms with Crippen molar-refractivity contribution in [3.8, 4) is 11.3 Å². The Morgan fingerprint density at radius 1 is 1.41 bits per heavy atom. The van der Waals surface area contributed by atoms with E-state index in [0.29, 0.717) is 17.0 Å². The second-order valence-electron chi connectivity index (χ2n) is 3.38. The number of nitrogen functional groups attached to an aromatic ring is 2.